The third-order valence-electron chi connectivity index (χ3n) is 4.28. The summed E-state index contributed by atoms with van der Waals surface area (Å²) in [4.78, 5) is 37.5. The highest BCUT2D eigenvalue weighted by Gasteiger charge is 2.27. The van der Waals surface area contributed by atoms with E-state index in [9.17, 15) is 14.4 Å². The molecule has 2 amide bonds. The first kappa shape index (κ1) is 19.9. The fourth-order valence-corrected chi connectivity index (χ4v) is 2.92. The molecule has 1 unspecified atom stereocenters. The minimum Gasteiger partial charge on any atom is -0.444 e. The van der Waals surface area contributed by atoms with Crippen LogP contribution in [0, 0.1) is 5.92 Å². The van der Waals surface area contributed by atoms with Crippen molar-refractivity contribution >= 4 is 17.8 Å². The topological polar surface area (TPSA) is 75.7 Å². The Balaban J connectivity index is 1.85. The summed E-state index contributed by atoms with van der Waals surface area (Å²) in [7, 11) is 0. The number of rotatable bonds is 4. The summed E-state index contributed by atoms with van der Waals surface area (Å²) in [6.45, 7) is 8.82. The van der Waals surface area contributed by atoms with E-state index in [0.29, 0.717) is 30.8 Å². The van der Waals surface area contributed by atoms with Crippen LogP contribution in [0.25, 0.3) is 0 Å². The summed E-state index contributed by atoms with van der Waals surface area (Å²) in [5.41, 5.74) is 0.598. The number of ketones is 1. The van der Waals surface area contributed by atoms with E-state index in [0.717, 1.165) is 12.8 Å². The molecule has 1 N–H and O–H groups in total. The fourth-order valence-electron chi connectivity index (χ4n) is 2.92. The van der Waals surface area contributed by atoms with Crippen LogP contribution in [-0.2, 0) is 4.74 Å². The molecule has 6 nitrogen and oxygen atoms in total. The number of nitrogens with zero attached hydrogens (tertiary/aromatic N) is 1. The molecule has 0 aromatic heterocycles. The number of ether oxygens (including phenoxy) is 1. The van der Waals surface area contributed by atoms with Crippen molar-refractivity contribution in [1.29, 1.82) is 0 Å². The molecule has 142 valence electrons. The number of amides is 2. The Labute approximate surface area is 154 Å². The lowest BCUT2D eigenvalue weighted by molar-refractivity contribution is 0.0167. The molecule has 26 heavy (non-hydrogen) atoms. The van der Waals surface area contributed by atoms with Gasteiger partial charge in [0.1, 0.15) is 5.60 Å². The van der Waals surface area contributed by atoms with Gasteiger partial charge in [0.15, 0.2) is 5.78 Å². The van der Waals surface area contributed by atoms with E-state index in [-0.39, 0.29) is 23.7 Å². The molecule has 2 rings (SSSR count). The van der Waals surface area contributed by atoms with Crippen molar-refractivity contribution in [3.63, 3.8) is 0 Å². The highest BCUT2D eigenvalue weighted by Crippen LogP contribution is 2.19. The molecular formula is C20H28N2O4. The second-order valence-electron chi connectivity index (χ2n) is 7.78. The molecule has 0 radical (unpaired) electrons. The van der Waals surface area contributed by atoms with Crippen LogP contribution in [-0.4, -0.2) is 47.9 Å². The summed E-state index contributed by atoms with van der Waals surface area (Å²) >= 11 is 0. The molecule has 0 spiro atoms. The number of hydrogen-bond acceptors (Lipinski definition) is 4. The maximum absolute atomic E-state index is 12.3. The minimum atomic E-state index is -0.510. The maximum Gasteiger partial charge on any atom is 0.410 e. The highest BCUT2D eigenvalue weighted by atomic mass is 16.6. The monoisotopic (exact) mass is 360 g/mol. The van der Waals surface area contributed by atoms with Gasteiger partial charge in [0.05, 0.1) is 0 Å². The number of carbonyl (C=O) groups excluding carboxylic acids is 3. The molecule has 6 heteroatoms. The van der Waals surface area contributed by atoms with Gasteiger partial charge in [-0.3, -0.25) is 9.59 Å². The zero-order chi connectivity index (χ0) is 19.3. The molecule has 0 saturated carbocycles. The average molecular weight is 360 g/mol. The first-order valence-electron chi connectivity index (χ1n) is 9.03. The number of likely N-dealkylation sites (tertiary alicyclic amines) is 1. The SMILES string of the molecule is CC(=O)c1ccc(C(=O)NCC2CCCN(C(=O)OC(C)(C)C)C2)cc1. The van der Waals surface area contributed by atoms with E-state index in [4.69, 9.17) is 4.74 Å². The van der Waals surface area contributed by atoms with E-state index < -0.39 is 5.60 Å². The minimum absolute atomic E-state index is 0.0265. The largest absolute Gasteiger partial charge is 0.444 e. The second kappa shape index (κ2) is 8.34. The lowest BCUT2D eigenvalue weighted by Crippen LogP contribution is -2.45. The summed E-state index contributed by atoms with van der Waals surface area (Å²) in [6, 6.07) is 6.62. The lowest BCUT2D eigenvalue weighted by Gasteiger charge is -2.34. The molecule has 1 aliphatic rings. The smallest absolute Gasteiger partial charge is 0.410 e. The van der Waals surface area contributed by atoms with Crippen LogP contribution >= 0.6 is 0 Å². The van der Waals surface area contributed by atoms with Gasteiger partial charge in [0.2, 0.25) is 0 Å². The Hall–Kier alpha value is -2.37. The molecule has 1 atom stereocenters. The zero-order valence-corrected chi connectivity index (χ0v) is 16.0. The average Bonchev–Trinajstić information content (AvgIpc) is 2.58. The van der Waals surface area contributed by atoms with Gasteiger partial charge in [-0.05, 0) is 58.6 Å². The molecule has 0 aliphatic carbocycles. The Bertz CT molecular complexity index is 661. The van der Waals surface area contributed by atoms with Crippen LogP contribution in [0.4, 0.5) is 4.79 Å². The van der Waals surface area contributed by atoms with Crippen molar-refractivity contribution < 1.29 is 19.1 Å². The van der Waals surface area contributed by atoms with Crippen molar-refractivity contribution in [3.05, 3.63) is 35.4 Å². The molecule has 1 fully saturated rings. The van der Waals surface area contributed by atoms with Gasteiger partial charge in [-0.25, -0.2) is 4.79 Å². The van der Waals surface area contributed by atoms with Crippen molar-refractivity contribution in [1.82, 2.24) is 10.2 Å². The van der Waals surface area contributed by atoms with Crippen LogP contribution in [0.1, 0.15) is 61.3 Å². The van der Waals surface area contributed by atoms with Gasteiger partial charge in [-0.1, -0.05) is 12.1 Å². The van der Waals surface area contributed by atoms with Crippen molar-refractivity contribution in [2.45, 2.75) is 46.1 Å². The number of piperidine rings is 1. The molecule has 1 aliphatic heterocycles. The van der Waals surface area contributed by atoms with E-state index >= 15 is 0 Å². The molecule has 1 saturated heterocycles. The fraction of sp³-hybridized carbons (Fsp3) is 0.550. The lowest BCUT2D eigenvalue weighted by atomic mass is 9.98. The van der Waals surface area contributed by atoms with Crippen LogP contribution in [0.3, 0.4) is 0 Å². The third-order valence-corrected chi connectivity index (χ3v) is 4.28. The molecule has 1 aromatic carbocycles. The molecular weight excluding hydrogens is 332 g/mol. The quantitative estimate of drug-likeness (QED) is 0.836. The number of benzene rings is 1. The van der Waals surface area contributed by atoms with Gasteiger partial charge in [0, 0.05) is 30.8 Å². The second-order valence-corrected chi connectivity index (χ2v) is 7.78. The number of carbonyl (C=O) groups is 3. The van der Waals surface area contributed by atoms with Crippen LogP contribution < -0.4 is 5.32 Å². The number of hydrogen-bond donors (Lipinski definition) is 1. The molecule has 0 bridgehead atoms. The summed E-state index contributed by atoms with van der Waals surface area (Å²) in [5, 5.41) is 2.92. The van der Waals surface area contributed by atoms with Gasteiger partial charge >= 0.3 is 6.09 Å². The summed E-state index contributed by atoms with van der Waals surface area (Å²) in [5.74, 6) is 0.00704. The standard InChI is InChI=1S/C20H28N2O4/c1-14(23)16-7-9-17(10-8-16)18(24)21-12-15-6-5-11-22(13-15)19(25)26-20(2,3)4/h7-10,15H,5-6,11-13H2,1-4H3,(H,21,24). The van der Waals surface area contributed by atoms with Crippen LogP contribution in [0.15, 0.2) is 24.3 Å². The van der Waals surface area contributed by atoms with E-state index in [2.05, 4.69) is 5.32 Å². The Kier molecular flexibility index (Phi) is 6.40. The third kappa shape index (κ3) is 5.86. The zero-order valence-electron chi connectivity index (χ0n) is 16.0. The van der Waals surface area contributed by atoms with Crippen LogP contribution in [0.2, 0.25) is 0 Å². The van der Waals surface area contributed by atoms with E-state index in [1.807, 2.05) is 20.8 Å². The summed E-state index contributed by atoms with van der Waals surface area (Å²) < 4.78 is 5.42. The first-order chi connectivity index (χ1) is 12.2. The Morgan fingerprint density at radius 1 is 1.15 bits per heavy atom. The summed E-state index contributed by atoms with van der Waals surface area (Å²) in [6.07, 6.45) is 1.56. The maximum atomic E-state index is 12.3. The highest BCUT2D eigenvalue weighted by molar-refractivity contribution is 5.97. The Morgan fingerprint density at radius 2 is 1.77 bits per heavy atom. The Morgan fingerprint density at radius 3 is 2.35 bits per heavy atom. The predicted molar refractivity (Wildman–Crippen MR) is 99.3 cm³/mol. The number of Topliss-reactive ketones (excluding diaryl/α,β-unsaturated/α-hetero) is 1. The van der Waals surface area contributed by atoms with Gasteiger partial charge in [0.25, 0.3) is 5.91 Å². The van der Waals surface area contributed by atoms with Gasteiger partial charge < -0.3 is 15.0 Å². The van der Waals surface area contributed by atoms with Gasteiger partial charge in [-0.15, -0.1) is 0 Å². The van der Waals surface area contributed by atoms with Crippen LogP contribution in [0.5, 0.6) is 0 Å². The molecule has 1 heterocycles. The van der Waals surface area contributed by atoms with E-state index in [1.54, 1.807) is 29.2 Å². The predicted octanol–water partition coefficient (Wildman–Crippen LogP) is 3.27. The van der Waals surface area contributed by atoms with Gasteiger partial charge in [-0.2, -0.15) is 0 Å². The van der Waals surface area contributed by atoms with E-state index in [1.165, 1.54) is 6.92 Å². The number of nitrogens with one attached hydrogen (secondary N) is 1. The van der Waals surface area contributed by atoms with Crippen molar-refractivity contribution in [3.8, 4) is 0 Å². The normalized spacial score (nSPS) is 17.5. The first-order valence-corrected chi connectivity index (χ1v) is 9.03. The van der Waals surface area contributed by atoms with Crippen molar-refractivity contribution in [2.75, 3.05) is 19.6 Å². The molecule has 1 aromatic rings. The van der Waals surface area contributed by atoms with Crippen molar-refractivity contribution in [2.24, 2.45) is 5.92 Å².